The van der Waals surface area contributed by atoms with E-state index >= 15 is 0 Å². The third-order valence-electron chi connectivity index (χ3n) is 3.13. The number of pyridine rings is 1. The second-order valence-corrected chi connectivity index (χ2v) is 4.80. The van der Waals surface area contributed by atoms with E-state index in [4.69, 9.17) is 11.6 Å². The summed E-state index contributed by atoms with van der Waals surface area (Å²) in [5, 5.41) is 3.49. The van der Waals surface area contributed by atoms with Gasteiger partial charge in [-0.15, -0.1) is 0 Å². The van der Waals surface area contributed by atoms with Gasteiger partial charge in [0.25, 0.3) is 0 Å². The van der Waals surface area contributed by atoms with Crippen LogP contribution in [0.25, 0.3) is 0 Å². The average molecular weight is 258 g/mol. The van der Waals surface area contributed by atoms with Crippen LogP contribution in [0, 0.1) is 5.82 Å². The summed E-state index contributed by atoms with van der Waals surface area (Å²) in [5.41, 5.74) is 0. The molecule has 1 aliphatic heterocycles. The molecule has 2 rings (SSSR count). The zero-order chi connectivity index (χ0) is 12.3. The molecule has 5 heteroatoms. The fraction of sp³-hybridized carbons (Fsp3) is 0.583. The Morgan fingerprint density at radius 1 is 1.59 bits per heavy atom. The van der Waals surface area contributed by atoms with Crippen LogP contribution in [0.1, 0.15) is 19.3 Å². The summed E-state index contributed by atoms with van der Waals surface area (Å²) in [6.07, 6.45) is 4.86. The first kappa shape index (κ1) is 12.6. The monoisotopic (exact) mass is 257 g/mol. The van der Waals surface area contributed by atoms with E-state index in [2.05, 4.69) is 10.3 Å². The quantitative estimate of drug-likeness (QED) is 0.902. The van der Waals surface area contributed by atoms with Gasteiger partial charge in [-0.05, 0) is 32.4 Å². The molecule has 1 saturated heterocycles. The Kier molecular flexibility index (Phi) is 4.18. The number of likely N-dealkylation sites (N-methyl/N-ethyl adjacent to an activating group) is 1. The second-order valence-electron chi connectivity index (χ2n) is 4.36. The lowest BCUT2D eigenvalue weighted by molar-refractivity contribution is 0.436. The van der Waals surface area contributed by atoms with Gasteiger partial charge in [-0.1, -0.05) is 11.6 Å². The molecule has 0 bridgehead atoms. The van der Waals surface area contributed by atoms with Gasteiger partial charge >= 0.3 is 0 Å². The predicted molar refractivity (Wildman–Crippen MR) is 68.1 cm³/mol. The molecule has 0 aliphatic carbocycles. The van der Waals surface area contributed by atoms with Gasteiger partial charge in [0.05, 0.1) is 5.02 Å². The molecule has 17 heavy (non-hydrogen) atoms. The van der Waals surface area contributed by atoms with Crippen LogP contribution < -0.4 is 10.2 Å². The van der Waals surface area contributed by atoms with Crippen molar-refractivity contribution in [2.75, 3.05) is 25.0 Å². The van der Waals surface area contributed by atoms with Crippen LogP contribution >= 0.6 is 11.6 Å². The fourth-order valence-corrected chi connectivity index (χ4v) is 2.49. The summed E-state index contributed by atoms with van der Waals surface area (Å²) in [4.78, 5) is 6.17. The molecule has 0 aromatic carbocycles. The van der Waals surface area contributed by atoms with Crippen molar-refractivity contribution in [1.29, 1.82) is 0 Å². The van der Waals surface area contributed by atoms with Gasteiger partial charge in [0, 0.05) is 25.3 Å². The lowest BCUT2D eigenvalue weighted by Gasteiger charge is -2.36. The summed E-state index contributed by atoms with van der Waals surface area (Å²) >= 11 is 5.72. The Morgan fingerprint density at radius 2 is 2.41 bits per heavy atom. The Morgan fingerprint density at radius 3 is 3.12 bits per heavy atom. The Bertz CT molecular complexity index is 384. The molecule has 0 spiro atoms. The van der Waals surface area contributed by atoms with Crippen molar-refractivity contribution in [2.24, 2.45) is 0 Å². The van der Waals surface area contributed by atoms with Crippen LogP contribution in [-0.2, 0) is 0 Å². The highest BCUT2D eigenvalue weighted by Crippen LogP contribution is 2.26. The summed E-state index contributed by atoms with van der Waals surface area (Å²) in [5.74, 6) is 0.0925. The zero-order valence-corrected chi connectivity index (χ0v) is 10.7. The molecule has 0 amide bonds. The highest BCUT2D eigenvalue weighted by atomic mass is 35.5. The van der Waals surface area contributed by atoms with E-state index in [1.54, 1.807) is 0 Å². The van der Waals surface area contributed by atoms with E-state index in [-0.39, 0.29) is 5.82 Å². The highest BCUT2D eigenvalue weighted by molar-refractivity contribution is 6.30. The number of hydrogen-bond donors (Lipinski definition) is 1. The van der Waals surface area contributed by atoms with Crippen molar-refractivity contribution in [1.82, 2.24) is 10.3 Å². The lowest BCUT2D eigenvalue weighted by Crippen LogP contribution is -2.45. The molecule has 0 radical (unpaired) electrons. The molecule has 1 fully saturated rings. The number of piperidine rings is 1. The van der Waals surface area contributed by atoms with Crippen molar-refractivity contribution in [3.05, 3.63) is 23.1 Å². The maximum absolute atomic E-state index is 13.8. The van der Waals surface area contributed by atoms with E-state index < -0.39 is 0 Å². The number of anilines is 1. The van der Waals surface area contributed by atoms with Crippen molar-refractivity contribution < 1.29 is 4.39 Å². The zero-order valence-electron chi connectivity index (χ0n) is 9.92. The van der Waals surface area contributed by atoms with E-state index in [0.717, 1.165) is 25.9 Å². The van der Waals surface area contributed by atoms with Crippen molar-refractivity contribution >= 4 is 17.4 Å². The maximum atomic E-state index is 13.8. The first-order valence-electron chi connectivity index (χ1n) is 5.94. The highest BCUT2D eigenvalue weighted by Gasteiger charge is 2.25. The summed E-state index contributed by atoms with van der Waals surface area (Å²) in [6.45, 7) is 1.71. The van der Waals surface area contributed by atoms with E-state index in [9.17, 15) is 4.39 Å². The van der Waals surface area contributed by atoms with Gasteiger partial charge in [-0.25, -0.2) is 9.37 Å². The average Bonchev–Trinajstić information content (AvgIpc) is 2.31. The van der Waals surface area contributed by atoms with Crippen LogP contribution in [0.2, 0.25) is 5.02 Å². The molecule has 1 atom stereocenters. The third-order valence-corrected chi connectivity index (χ3v) is 3.33. The predicted octanol–water partition coefficient (Wildman–Crippen LogP) is 2.45. The van der Waals surface area contributed by atoms with Gasteiger partial charge in [0.2, 0.25) is 0 Å². The van der Waals surface area contributed by atoms with Crippen molar-refractivity contribution in [2.45, 2.75) is 25.3 Å². The van der Waals surface area contributed by atoms with Crippen LogP contribution in [0.15, 0.2) is 12.3 Å². The Hall–Kier alpha value is -0.870. The maximum Gasteiger partial charge on any atom is 0.167 e. The number of rotatable bonds is 3. The molecule has 2 heterocycles. The van der Waals surface area contributed by atoms with Crippen molar-refractivity contribution in [3.63, 3.8) is 0 Å². The number of nitrogens with zero attached hydrogens (tertiary/aromatic N) is 2. The van der Waals surface area contributed by atoms with Gasteiger partial charge < -0.3 is 10.2 Å². The Balaban J connectivity index is 2.23. The lowest BCUT2D eigenvalue weighted by atomic mass is 10.0. The minimum Gasteiger partial charge on any atom is -0.350 e. The number of nitrogens with one attached hydrogen (secondary N) is 1. The number of halogens is 2. The summed E-state index contributed by atoms with van der Waals surface area (Å²) in [6, 6.07) is 1.64. The minimum atomic E-state index is -0.333. The van der Waals surface area contributed by atoms with Gasteiger partial charge in [-0.2, -0.15) is 0 Å². The first-order chi connectivity index (χ1) is 8.22. The van der Waals surface area contributed by atoms with E-state index in [1.807, 2.05) is 11.9 Å². The van der Waals surface area contributed by atoms with Gasteiger partial charge in [-0.3, -0.25) is 0 Å². The van der Waals surface area contributed by atoms with Gasteiger partial charge in [0.15, 0.2) is 11.6 Å². The van der Waals surface area contributed by atoms with Crippen LogP contribution in [-0.4, -0.2) is 31.2 Å². The topological polar surface area (TPSA) is 28.2 Å². The molecule has 1 aliphatic rings. The molecule has 0 saturated carbocycles. The normalized spacial score (nSPS) is 20.6. The number of aromatic nitrogens is 1. The SMILES string of the molecule is CNCC1CCCCN1c1ncc(Cl)cc1F. The smallest absolute Gasteiger partial charge is 0.167 e. The number of hydrogen-bond acceptors (Lipinski definition) is 3. The first-order valence-corrected chi connectivity index (χ1v) is 6.32. The third kappa shape index (κ3) is 2.87. The molecule has 1 unspecified atom stereocenters. The molecular formula is C12H17ClFN3. The van der Waals surface area contributed by atoms with Gasteiger partial charge in [0.1, 0.15) is 0 Å². The molecule has 1 aromatic rings. The molecular weight excluding hydrogens is 241 g/mol. The van der Waals surface area contributed by atoms with E-state index in [0.29, 0.717) is 16.9 Å². The van der Waals surface area contributed by atoms with Crippen LogP contribution in [0.5, 0.6) is 0 Å². The molecule has 1 N–H and O–H groups in total. The summed E-state index contributed by atoms with van der Waals surface area (Å²) in [7, 11) is 1.92. The van der Waals surface area contributed by atoms with Crippen LogP contribution in [0.4, 0.5) is 10.2 Å². The molecule has 94 valence electrons. The standard InChI is InChI=1S/C12H17ClFN3/c1-15-8-10-4-2-3-5-17(10)12-11(14)6-9(13)7-16-12/h6-7,10,15H,2-5,8H2,1H3. The fourth-order valence-electron chi connectivity index (χ4n) is 2.35. The van der Waals surface area contributed by atoms with Crippen molar-refractivity contribution in [3.8, 4) is 0 Å². The van der Waals surface area contributed by atoms with E-state index in [1.165, 1.54) is 18.7 Å². The minimum absolute atomic E-state index is 0.317. The molecule has 3 nitrogen and oxygen atoms in total. The Labute approximate surface area is 106 Å². The molecule has 1 aromatic heterocycles. The second kappa shape index (κ2) is 5.65. The van der Waals surface area contributed by atoms with Crippen LogP contribution in [0.3, 0.4) is 0 Å². The summed E-state index contributed by atoms with van der Waals surface area (Å²) < 4.78 is 13.8. The largest absolute Gasteiger partial charge is 0.350 e.